The Hall–Kier alpha value is -4.40. The first-order chi connectivity index (χ1) is 19.8. The molecule has 1 aromatic carbocycles. The highest BCUT2D eigenvalue weighted by atomic mass is 32.2. The molecule has 0 fully saturated rings. The molecule has 2 aliphatic heterocycles. The van der Waals surface area contributed by atoms with E-state index in [1.165, 1.54) is 22.5 Å². The van der Waals surface area contributed by atoms with Crippen molar-refractivity contribution >= 4 is 57.5 Å². The monoisotopic (exact) mass is 554 g/mol. The van der Waals surface area contributed by atoms with E-state index in [0.29, 0.717) is 0 Å². The Morgan fingerprint density at radius 2 is 1.10 bits per heavy atom. The number of rotatable bonds is 3. The van der Waals surface area contributed by atoms with Gasteiger partial charge in [-0.3, -0.25) is 19.9 Å². The number of aromatic nitrogens is 4. The van der Waals surface area contributed by atoms with Gasteiger partial charge >= 0.3 is 0 Å². The molecule has 5 aromatic rings. The van der Waals surface area contributed by atoms with Crippen molar-refractivity contribution in [3.63, 3.8) is 0 Å². The summed E-state index contributed by atoms with van der Waals surface area (Å²) >= 11 is 3.45. The lowest BCUT2D eigenvalue weighted by atomic mass is 9.95. The number of allylic oxidation sites excluding steroid dienone is 2. The molecule has 40 heavy (non-hydrogen) atoms. The van der Waals surface area contributed by atoms with Crippen molar-refractivity contribution in [3.8, 4) is 0 Å². The van der Waals surface area contributed by atoms with Crippen LogP contribution in [0.25, 0.3) is 5.57 Å². The van der Waals surface area contributed by atoms with Crippen molar-refractivity contribution in [3.05, 3.63) is 122 Å². The molecule has 0 spiro atoms. The standard InChI is InChI=1S/C32H22N6S2/c1-5-23(37-25-9-13-33-17-29(25)39-30-18-34-14-10-26(30)37)6-2-21(1)22-3-7-24(8-4-22)38-27-11-15-35-19-31(27)40-32-20-36-16-12-28(32)38/h1-7,9-20,24H,8H2. The summed E-state index contributed by atoms with van der Waals surface area (Å²) in [5.74, 6) is 0. The molecule has 0 amide bonds. The number of hydrogen-bond acceptors (Lipinski definition) is 8. The zero-order chi connectivity index (χ0) is 26.5. The van der Waals surface area contributed by atoms with Crippen molar-refractivity contribution in [2.24, 2.45) is 0 Å². The molecule has 0 saturated heterocycles. The SMILES string of the molecule is C1=CC(N2c3ccncc3Sc3cnccc32)CC=C1c1ccc(N2c3ccncc3Sc3cnccc32)cc1. The molecule has 0 radical (unpaired) electrons. The second-order valence-corrected chi connectivity index (χ2v) is 11.8. The number of nitrogens with zero attached hydrogens (tertiary/aromatic N) is 6. The summed E-state index contributed by atoms with van der Waals surface area (Å²) in [5, 5.41) is 0. The highest BCUT2D eigenvalue weighted by molar-refractivity contribution is 8.00. The van der Waals surface area contributed by atoms with Gasteiger partial charge in [0.2, 0.25) is 0 Å². The van der Waals surface area contributed by atoms with Crippen molar-refractivity contribution in [2.45, 2.75) is 32.0 Å². The molecule has 192 valence electrons. The van der Waals surface area contributed by atoms with Crippen molar-refractivity contribution in [1.82, 2.24) is 19.9 Å². The van der Waals surface area contributed by atoms with Gasteiger partial charge in [0.25, 0.3) is 0 Å². The molecule has 6 heterocycles. The van der Waals surface area contributed by atoms with Gasteiger partial charge in [-0.2, -0.15) is 0 Å². The predicted molar refractivity (Wildman–Crippen MR) is 161 cm³/mol. The van der Waals surface area contributed by atoms with Crippen molar-refractivity contribution in [2.75, 3.05) is 9.80 Å². The average Bonchev–Trinajstić information content (AvgIpc) is 3.03. The third kappa shape index (κ3) is 3.91. The lowest BCUT2D eigenvalue weighted by Gasteiger charge is -2.37. The van der Waals surface area contributed by atoms with Gasteiger partial charge in [-0.1, -0.05) is 53.9 Å². The molecule has 3 aliphatic rings. The van der Waals surface area contributed by atoms with Crippen LogP contribution in [0.15, 0.2) is 136 Å². The van der Waals surface area contributed by atoms with E-state index in [-0.39, 0.29) is 6.04 Å². The Morgan fingerprint density at radius 1 is 0.600 bits per heavy atom. The van der Waals surface area contributed by atoms with E-state index in [4.69, 9.17) is 0 Å². The van der Waals surface area contributed by atoms with E-state index < -0.39 is 0 Å². The summed E-state index contributed by atoms with van der Waals surface area (Å²) in [6, 6.07) is 17.4. The molecule has 4 aromatic heterocycles. The van der Waals surface area contributed by atoms with Gasteiger partial charge in [0.05, 0.1) is 48.4 Å². The summed E-state index contributed by atoms with van der Waals surface area (Å²) < 4.78 is 0. The summed E-state index contributed by atoms with van der Waals surface area (Å²) in [6.07, 6.45) is 23.0. The van der Waals surface area contributed by atoms with Crippen LogP contribution in [0.1, 0.15) is 12.0 Å². The Balaban J connectivity index is 1.08. The molecule has 1 aliphatic carbocycles. The van der Waals surface area contributed by atoms with Crippen LogP contribution in [0.4, 0.5) is 28.4 Å². The van der Waals surface area contributed by atoms with Gasteiger partial charge in [0.15, 0.2) is 0 Å². The zero-order valence-corrected chi connectivity index (χ0v) is 22.9. The zero-order valence-electron chi connectivity index (χ0n) is 21.3. The van der Waals surface area contributed by atoms with Crippen molar-refractivity contribution in [1.29, 1.82) is 0 Å². The lowest BCUT2D eigenvalue weighted by Crippen LogP contribution is -2.32. The summed E-state index contributed by atoms with van der Waals surface area (Å²) in [7, 11) is 0. The van der Waals surface area contributed by atoms with Crippen LogP contribution in [0, 0.1) is 0 Å². The smallest absolute Gasteiger partial charge is 0.0632 e. The van der Waals surface area contributed by atoms with Gasteiger partial charge < -0.3 is 9.80 Å². The topological polar surface area (TPSA) is 58.0 Å². The third-order valence-electron chi connectivity index (χ3n) is 7.36. The second kappa shape index (κ2) is 9.66. The molecule has 8 rings (SSSR count). The summed E-state index contributed by atoms with van der Waals surface area (Å²) in [4.78, 5) is 26.7. The van der Waals surface area contributed by atoms with E-state index in [9.17, 15) is 0 Å². The van der Waals surface area contributed by atoms with Crippen LogP contribution in [0.2, 0.25) is 0 Å². The van der Waals surface area contributed by atoms with Gasteiger partial charge in [0, 0.05) is 55.3 Å². The summed E-state index contributed by atoms with van der Waals surface area (Å²) in [5.41, 5.74) is 8.22. The fourth-order valence-electron chi connectivity index (χ4n) is 5.52. The normalized spacial score (nSPS) is 16.9. The van der Waals surface area contributed by atoms with E-state index in [0.717, 1.165) is 43.1 Å². The van der Waals surface area contributed by atoms with E-state index in [2.05, 4.69) is 96.5 Å². The highest BCUT2D eigenvalue weighted by Gasteiger charge is 2.29. The fraction of sp³-hybridized carbons (Fsp3) is 0.0625. The minimum Gasteiger partial charge on any atom is -0.332 e. The molecule has 0 N–H and O–H groups in total. The van der Waals surface area contributed by atoms with Gasteiger partial charge in [-0.25, -0.2) is 0 Å². The average molecular weight is 555 g/mol. The van der Waals surface area contributed by atoms with Gasteiger partial charge in [-0.05, 0) is 54.0 Å². The number of fused-ring (bicyclic) bond motifs is 4. The predicted octanol–water partition coefficient (Wildman–Crippen LogP) is 8.22. The molecule has 1 unspecified atom stereocenters. The first kappa shape index (κ1) is 23.5. The molecule has 8 heteroatoms. The second-order valence-electron chi connectivity index (χ2n) is 9.65. The molecule has 0 bridgehead atoms. The Kier molecular flexibility index (Phi) is 5.67. The highest BCUT2D eigenvalue weighted by Crippen LogP contribution is 2.51. The fourth-order valence-corrected chi connectivity index (χ4v) is 7.52. The number of hydrogen-bond donors (Lipinski definition) is 0. The van der Waals surface area contributed by atoms with Crippen LogP contribution in [0.3, 0.4) is 0 Å². The Bertz CT molecular complexity index is 1730. The Morgan fingerprint density at radius 3 is 1.60 bits per heavy atom. The van der Waals surface area contributed by atoms with E-state index in [1.54, 1.807) is 23.5 Å². The van der Waals surface area contributed by atoms with Crippen LogP contribution >= 0.6 is 23.5 Å². The van der Waals surface area contributed by atoms with Crippen LogP contribution in [-0.4, -0.2) is 26.0 Å². The number of anilines is 5. The van der Waals surface area contributed by atoms with Gasteiger partial charge in [0.1, 0.15) is 0 Å². The van der Waals surface area contributed by atoms with Crippen LogP contribution < -0.4 is 9.80 Å². The van der Waals surface area contributed by atoms with Gasteiger partial charge in [-0.15, -0.1) is 0 Å². The minimum absolute atomic E-state index is 0.215. The first-order valence-electron chi connectivity index (χ1n) is 13.0. The maximum absolute atomic E-state index is 4.36. The number of pyridine rings is 4. The third-order valence-corrected chi connectivity index (χ3v) is 9.50. The lowest BCUT2D eigenvalue weighted by molar-refractivity contribution is 0.769. The first-order valence-corrected chi connectivity index (χ1v) is 14.7. The summed E-state index contributed by atoms with van der Waals surface area (Å²) in [6.45, 7) is 0. The molecule has 0 saturated carbocycles. The molecule has 6 nitrogen and oxygen atoms in total. The Labute approximate surface area is 240 Å². The minimum atomic E-state index is 0.215. The molecular weight excluding hydrogens is 533 g/mol. The molecular formula is C32H22N6S2. The largest absolute Gasteiger partial charge is 0.332 e. The van der Waals surface area contributed by atoms with Crippen LogP contribution in [-0.2, 0) is 0 Å². The van der Waals surface area contributed by atoms with E-state index >= 15 is 0 Å². The van der Waals surface area contributed by atoms with E-state index in [1.807, 2.05) is 49.6 Å². The maximum atomic E-state index is 4.36. The van der Waals surface area contributed by atoms with Crippen molar-refractivity contribution < 1.29 is 0 Å². The quantitative estimate of drug-likeness (QED) is 0.217. The van der Waals surface area contributed by atoms with Crippen LogP contribution in [0.5, 0.6) is 0 Å². The maximum Gasteiger partial charge on any atom is 0.0632 e. The number of benzene rings is 1. The molecule has 1 atom stereocenters.